The highest BCUT2D eigenvalue weighted by Gasteiger charge is 2.31. The lowest BCUT2D eigenvalue weighted by Gasteiger charge is -2.23. The highest BCUT2D eigenvalue weighted by atomic mass is 16.6. The number of aromatic nitrogens is 1. The minimum absolute atomic E-state index is 0.375. The number of hydrogen-bond acceptors (Lipinski definition) is 5. The summed E-state index contributed by atoms with van der Waals surface area (Å²) in [4.78, 5) is 20.8. The normalized spacial score (nSPS) is 20.8. The van der Waals surface area contributed by atoms with Crippen LogP contribution in [0.1, 0.15) is 43.2 Å². The number of rotatable bonds is 4. The maximum atomic E-state index is 12.0. The van der Waals surface area contributed by atoms with Crippen molar-refractivity contribution in [3.05, 3.63) is 41.7 Å². The first kappa shape index (κ1) is 15.4. The largest absolute Gasteiger partial charge is 0.456 e. The Kier molecular flexibility index (Phi) is 4.23. The van der Waals surface area contributed by atoms with E-state index in [2.05, 4.69) is 9.98 Å². The van der Waals surface area contributed by atoms with E-state index in [1.165, 1.54) is 6.20 Å². The number of ether oxygens (including phenoxy) is 1. The van der Waals surface area contributed by atoms with E-state index in [-0.39, 0.29) is 5.97 Å². The minimum atomic E-state index is -0.519. The molecular weight excluding hydrogens is 266 g/mol. The number of aliphatic imine (C=N–C) groups is 1. The Morgan fingerprint density at radius 3 is 2.62 bits per heavy atom. The van der Waals surface area contributed by atoms with Gasteiger partial charge in [-0.3, -0.25) is 9.98 Å². The van der Waals surface area contributed by atoms with Crippen molar-refractivity contribution in [2.24, 2.45) is 10.7 Å². The van der Waals surface area contributed by atoms with Crippen LogP contribution in [0.25, 0.3) is 0 Å². The second-order valence-electron chi connectivity index (χ2n) is 6.03. The maximum Gasteiger partial charge on any atom is 0.340 e. The van der Waals surface area contributed by atoms with E-state index in [4.69, 9.17) is 10.5 Å². The summed E-state index contributed by atoms with van der Waals surface area (Å²) in [6.45, 7) is 6.01. The van der Waals surface area contributed by atoms with Crippen LogP contribution in [0.4, 0.5) is 0 Å². The average Bonchev–Trinajstić information content (AvgIpc) is 2.87. The average molecular weight is 287 g/mol. The molecule has 0 saturated heterocycles. The van der Waals surface area contributed by atoms with Gasteiger partial charge in [0.05, 0.1) is 11.3 Å². The summed E-state index contributed by atoms with van der Waals surface area (Å²) in [5, 5.41) is 0. The molecule has 0 amide bonds. The van der Waals surface area contributed by atoms with E-state index in [1.807, 2.05) is 39.0 Å². The molecule has 1 aromatic rings. The Hall–Kier alpha value is -2.01. The summed E-state index contributed by atoms with van der Waals surface area (Å²) < 4.78 is 5.32. The standard InChI is InChI=1S/C16H21N3O2/c1-15(2,3)21-14(20)12-5-6-13(18-11-12)16(8-9-17)7-4-10-19-16/h4-7,10-11H,8-9,17H2,1-3H3. The van der Waals surface area contributed by atoms with Gasteiger partial charge in [-0.1, -0.05) is 0 Å². The molecule has 0 aliphatic carbocycles. The lowest BCUT2D eigenvalue weighted by molar-refractivity contribution is 0.00690. The first-order valence-corrected chi connectivity index (χ1v) is 6.99. The van der Waals surface area contributed by atoms with Crippen LogP contribution in [0.15, 0.2) is 35.5 Å². The van der Waals surface area contributed by atoms with Crippen molar-refractivity contribution in [2.75, 3.05) is 6.54 Å². The summed E-state index contributed by atoms with van der Waals surface area (Å²) in [5.74, 6) is -0.375. The van der Waals surface area contributed by atoms with E-state index in [0.29, 0.717) is 18.5 Å². The molecule has 0 radical (unpaired) electrons. The smallest absolute Gasteiger partial charge is 0.340 e. The molecule has 2 N–H and O–H groups in total. The molecule has 1 unspecified atom stereocenters. The van der Waals surface area contributed by atoms with Gasteiger partial charge < -0.3 is 10.5 Å². The van der Waals surface area contributed by atoms with Gasteiger partial charge >= 0.3 is 5.97 Å². The van der Waals surface area contributed by atoms with E-state index in [0.717, 1.165) is 5.69 Å². The zero-order valence-electron chi connectivity index (χ0n) is 12.7. The highest BCUT2D eigenvalue weighted by Crippen LogP contribution is 2.32. The van der Waals surface area contributed by atoms with Gasteiger partial charge in [0.1, 0.15) is 11.1 Å². The molecule has 1 aliphatic rings. The quantitative estimate of drug-likeness (QED) is 0.861. The fraction of sp³-hybridized carbons (Fsp3) is 0.438. The van der Waals surface area contributed by atoms with Crippen LogP contribution in [0.3, 0.4) is 0 Å². The van der Waals surface area contributed by atoms with Gasteiger partial charge in [-0.2, -0.15) is 0 Å². The number of pyridine rings is 1. The van der Waals surface area contributed by atoms with Crippen LogP contribution in [0.2, 0.25) is 0 Å². The molecule has 1 aromatic heterocycles. The van der Waals surface area contributed by atoms with Gasteiger partial charge in [-0.05, 0) is 58.0 Å². The van der Waals surface area contributed by atoms with Crippen molar-refractivity contribution in [2.45, 2.75) is 38.3 Å². The van der Waals surface area contributed by atoms with Crippen LogP contribution in [0, 0.1) is 0 Å². The molecule has 0 aromatic carbocycles. The molecule has 0 saturated carbocycles. The van der Waals surface area contributed by atoms with Crippen molar-refractivity contribution in [1.29, 1.82) is 0 Å². The monoisotopic (exact) mass is 287 g/mol. The zero-order valence-corrected chi connectivity index (χ0v) is 12.7. The molecule has 5 nitrogen and oxygen atoms in total. The SMILES string of the molecule is CC(C)(C)OC(=O)c1ccc(C2(CCN)C=CC=N2)nc1. The molecule has 1 atom stereocenters. The van der Waals surface area contributed by atoms with Crippen molar-refractivity contribution < 1.29 is 9.53 Å². The summed E-state index contributed by atoms with van der Waals surface area (Å²) in [6, 6.07) is 3.53. The van der Waals surface area contributed by atoms with Crippen LogP contribution in [-0.2, 0) is 10.3 Å². The van der Waals surface area contributed by atoms with Gasteiger partial charge in [0.15, 0.2) is 0 Å². The first-order valence-electron chi connectivity index (χ1n) is 6.99. The van der Waals surface area contributed by atoms with Crippen LogP contribution >= 0.6 is 0 Å². The van der Waals surface area contributed by atoms with E-state index in [9.17, 15) is 4.79 Å². The first-order chi connectivity index (χ1) is 9.86. The Morgan fingerprint density at radius 1 is 1.38 bits per heavy atom. The summed E-state index contributed by atoms with van der Waals surface area (Å²) in [6.07, 6.45) is 7.83. The van der Waals surface area contributed by atoms with Gasteiger partial charge in [-0.15, -0.1) is 0 Å². The molecule has 0 spiro atoms. The maximum absolute atomic E-state index is 12.0. The number of nitrogens with two attached hydrogens (primary N) is 1. The van der Waals surface area contributed by atoms with Crippen molar-refractivity contribution in [1.82, 2.24) is 4.98 Å². The predicted octanol–water partition coefficient (Wildman–Crippen LogP) is 2.22. The molecule has 21 heavy (non-hydrogen) atoms. The van der Waals surface area contributed by atoms with Gasteiger partial charge in [-0.25, -0.2) is 4.79 Å². The summed E-state index contributed by atoms with van der Waals surface area (Å²) in [7, 11) is 0. The van der Waals surface area contributed by atoms with Crippen LogP contribution in [0.5, 0.6) is 0 Å². The minimum Gasteiger partial charge on any atom is -0.456 e. The van der Waals surface area contributed by atoms with E-state index >= 15 is 0 Å². The number of carbonyl (C=O) groups is 1. The number of esters is 1. The molecular formula is C16H21N3O2. The molecule has 1 aliphatic heterocycles. The Bertz CT molecular complexity index is 556. The van der Waals surface area contributed by atoms with E-state index < -0.39 is 11.1 Å². The van der Waals surface area contributed by atoms with Gasteiger partial charge in [0.2, 0.25) is 0 Å². The van der Waals surface area contributed by atoms with E-state index in [1.54, 1.807) is 12.3 Å². The molecule has 112 valence electrons. The zero-order chi connectivity index (χ0) is 15.5. The second-order valence-corrected chi connectivity index (χ2v) is 6.03. The van der Waals surface area contributed by atoms with Gasteiger partial charge in [0.25, 0.3) is 0 Å². The lowest BCUT2D eigenvalue weighted by atomic mass is 9.92. The van der Waals surface area contributed by atoms with Crippen molar-refractivity contribution in [3.63, 3.8) is 0 Å². The summed E-state index contributed by atoms with van der Waals surface area (Å²) in [5.41, 5.74) is 5.87. The third kappa shape index (κ3) is 3.55. The third-order valence-electron chi connectivity index (χ3n) is 3.13. The van der Waals surface area contributed by atoms with Crippen molar-refractivity contribution >= 4 is 12.2 Å². The molecule has 2 rings (SSSR count). The Labute approximate surface area is 124 Å². The molecule has 0 bridgehead atoms. The Morgan fingerprint density at radius 2 is 2.14 bits per heavy atom. The predicted molar refractivity (Wildman–Crippen MR) is 82.4 cm³/mol. The fourth-order valence-corrected chi connectivity index (χ4v) is 2.18. The Balaban J connectivity index is 2.21. The third-order valence-corrected chi connectivity index (χ3v) is 3.13. The molecule has 2 heterocycles. The number of hydrogen-bond donors (Lipinski definition) is 1. The number of allylic oxidation sites excluding steroid dienone is 1. The fourth-order valence-electron chi connectivity index (χ4n) is 2.18. The van der Waals surface area contributed by atoms with Gasteiger partial charge in [0, 0.05) is 12.4 Å². The number of carbonyl (C=O) groups excluding carboxylic acids is 1. The summed E-state index contributed by atoms with van der Waals surface area (Å²) >= 11 is 0. The number of nitrogens with zero attached hydrogens (tertiary/aromatic N) is 2. The topological polar surface area (TPSA) is 77.6 Å². The van der Waals surface area contributed by atoms with Crippen LogP contribution < -0.4 is 5.73 Å². The molecule has 0 fully saturated rings. The highest BCUT2D eigenvalue weighted by molar-refractivity contribution is 5.89. The second kappa shape index (κ2) is 5.77. The molecule has 5 heteroatoms. The van der Waals surface area contributed by atoms with Crippen molar-refractivity contribution in [3.8, 4) is 0 Å². The van der Waals surface area contributed by atoms with Crippen LogP contribution in [-0.4, -0.2) is 29.3 Å². The lowest BCUT2D eigenvalue weighted by Crippen LogP contribution is -2.26.